The number of carbonyl (C=O) groups excluding carboxylic acids is 3. The molecule has 4 aliphatic rings. The van der Waals surface area contributed by atoms with E-state index in [2.05, 4.69) is 10.3 Å². The molecule has 8 nitrogen and oxygen atoms in total. The molecule has 1 aromatic heterocycles. The van der Waals surface area contributed by atoms with Crippen molar-refractivity contribution in [2.45, 2.75) is 69.4 Å². The second-order valence-electron chi connectivity index (χ2n) is 11.2. The molecule has 3 amide bonds. The van der Waals surface area contributed by atoms with E-state index in [1.165, 1.54) is 22.4 Å². The van der Waals surface area contributed by atoms with Gasteiger partial charge in [-0.15, -0.1) is 11.3 Å². The minimum absolute atomic E-state index is 0.131. The Kier molecular flexibility index (Phi) is 7.21. The summed E-state index contributed by atoms with van der Waals surface area (Å²) in [5.74, 6) is -8.71. The Labute approximate surface area is 222 Å². The lowest BCUT2D eigenvalue weighted by Gasteiger charge is -2.50. The first-order chi connectivity index (χ1) is 17.9. The molecule has 0 bridgehead atoms. The summed E-state index contributed by atoms with van der Waals surface area (Å²) in [6.07, 6.45) is 1.39. The van der Waals surface area contributed by atoms with Crippen molar-refractivity contribution in [3.63, 3.8) is 0 Å². The average Bonchev–Trinajstić information content (AvgIpc) is 3.25. The molecule has 4 fully saturated rings. The van der Waals surface area contributed by atoms with E-state index >= 15 is 0 Å². The second kappa shape index (κ2) is 10.0. The Hall–Kier alpha value is -2.28. The quantitative estimate of drug-likeness (QED) is 0.494. The molecule has 0 unspecified atom stereocenters. The van der Waals surface area contributed by atoms with Gasteiger partial charge in [0.25, 0.3) is 11.8 Å². The molecule has 5 rings (SSSR count). The second-order valence-corrected chi connectivity index (χ2v) is 12.1. The van der Waals surface area contributed by atoms with Crippen molar-refractivity contribution in [1.82, 2.24) is 20.1 Å². The van der Waals surface area contributed by atoms with Crippen molar-refractivity contribution in [2.24, 2.45) is 17.3 Å². The molecular formula is C25H32F4N4O4S. The van der Waals surface area contributed by atoms with Crippen LogP contribution in [0.25, 0.3) is 0 Å². The number of aromatic nitrogens is 1. The van der Waals surface area contributed by atoms with Crippen LogP contribution in [0.2, 0.25) is 0 Å². The number of nitrogens with one attached hydrogen (secondary N) is 1. The Morgan fingerprint density at radius 3 is 2.37 bits per heavy atom. The van der Waals surface area contributed by atoms with Gasteiger partial charge in [-0.05, 0) is 19.3 Å². The van der Waals surface area contributed by atoms with Gasteiger partial charge in [-0.25, -0.2) is 17.6 Å². The minimum atomic E-state index is -2.97. The summed E-state index contributed by atoms with van der Waals surface area (Å²) >= 11 is 1.19. The van der Waals surface area contributed by atoms with Gasteiger partial charge in [-0.3, -0.25) is 19.4 Å². The molecule has 210 valence electrons. The standard InChI is InChI=1S/C25H32F4N4O4S/c1-2-15(10-37-16-3-5-24(26,27)6-4-16)31-20(34)18-9-32(22(36)19-8-30-14-38-19)11-23(18)12-33(13-23)21(35)17-7-25(17,28)29/h8,14-18H,2-7,9-13H2,1H3,(H,31,34)/t15-,17+,18-/m0/s1. The largest absolute Gasteiger partial charge is 0.376 e. The van der Waals surface area contributed by atoms with Gasteiger partial charge < -0.3 is 19.9 Å². The summed E-state index contributed by atoms with van der Waals surface area (Å²) in [6, 6.07) is -0.351. The van der Waals surface area contributed by atoms with Crippen LogP contribution in [-0.2, 0) is 14.3 Å². The third-order valence-corrected chi connectivity index (χ3v) is 9.14. The van der Waals surface area contributed by atoms with Crippen LogP contribution in [0, 0.1) is 17.3 Å². The van der Waals surface area contributed by atoms with Crippen LogP contribution in [0.15, 0.2) is 11.7 Å². The molecule has 2 saturated heterocycles. The summed E-state index contributed by atoms with van der Waals surface area (Å²) < 4.78 is 59.7. The van der Waals surface area contributed by atoms with Gasteiger partial charge in [0.2, 0.25) is 17.7 Å². The molecule has 0 radical (unpaired) electrons. The fourth-order valence-electron chi connectivity index (χ4n) is 5.85. The zero-order chi connectivity index (χ0) is 27.3. The number of nitrogens with zero attached hydrogens (tertiary/aromatic N) is 3. The highest BCUT2D eigenvalue weighted by atomic mass is 32.1. The van der Waals surface area contributed by atoms with Gasteiger partial charge in [0.05, 0.1) is 36.4 Å². The Morgan fingerprint density at radius 2 is 1.79 bits per heavy atom. The third-order valence-electron chi connectivity index (χ3n) is 8.38. The highest BCUT2D eigenvalue weighted by Crippen LogP contribution is 2.52. The van der Waals surface area contributed by atoms with Crippen molar-refractivity contribution < 1.29 is 36.7 Å². The van der Waals surface area contributed by atoms with Gasteiger partial charge in [0, 0.05) is 50.9 Å². The number of rotatable bonds is 8. The van der Waals surface area contributed by atoms with E-state index in [0.717, 1.165) is 0 Å². The van der Waals surface area contributed by atoms with E-state index in [1.807, 2.05) is 6.92 Å². The molecule has 13 heteroatoms. The number of amides is 3. The molecular weight excluding hydrogens is 528 g/mol. The first-order valence-electron chi connectivity index (χ1n) is 13.1. The number of ether oxygens (including phenoxy) is 1. The lowest BCUT2D eigenvalue weighted by Crippen LogP contribution is -2.65. The summed E-state index contributed by atoms with van der Waals surface area (Å²) in [5, 5.41) is 2.99. The maximum atomic E-state index is 13.5. The highest BCUT2D eigenvalue weighted by molar-refractivity contribution is 7.11. The number of hydrogen-bond acceptors (Lipinski definition) is 6. The van der Waals surface area contributed by atoms with Crippen LogP contribution in [0.3, 0.4) is 0 Å². The number of hydrogen-bond donors (Lipinski definition) is 1. The summed E-state index contributed by atoms with van der Waals surface area (Å²) in [5.41, 5.74) is 0.820. The van der Waals surface area contributed by atoms with Crippen molar-refractivity contribution in [3.8, 4) is 0 Å². The summed E-state index contributed by atoms with van der Waals surface area (Å²) in [4.78, 5) is 46.4. The molecule has 3 atom stereocenters. The lowest BCUT2D eigenvalue weighted by atomic mass is 9.71. The van der Waals surface area contributed by atoms with Crippen LogP contribution < -0.4 is 5.32 Å². The Balaban J connectivity index is 1.22. The first-order valence-corrected chi connectivity index (χ1v) is 14.0. The van der Waals surface area contributed by atoms with Crippen LogP contribution in [0.4, 0.5) is 17.6 Å². The zero-order valence-electron chi connectivity index (χ0n) is 21.1. The van der Waals surface area contributed by atoms with Crippen LogP contribution in [0.1, 0.15) is 55.1 Å². The average molecular weight is 561 g/mol. The van der Waals surface area contributed by atoms with Crippen LogP contribution >= 0.6 is 11.3 Å². The van der Waals surface area contributed by atoms with E-state index in [4.69, 9.17) is 4.74 Å². The van der Waals surface area contributed by atoms with Crippen molar-refractivity contribution in [1.29, 1.82) is 0 Å². The van der Waals surface area contributed by atoms with Gasteiger partial charge in [0.15, 0.2) is 0 Å². The maximum Gasteiger partial charge on any atom is 0.265 e. The molecule has 0 aromatic carbocycles. The van der Waals surface area contributed by atoms with Gasteiger partial charge in [-0.2, -0.15) is 0 Å². The zero-order valence-corrected chi connectivity index (χ0v) is 22.0. The summed E-state index contributed by atoms with van der Waals surface area (Å²) in [7, 11) is 0. The highest BCUT2D eigenvalue weighted by Gasteiger charge is 2.66. The molecule has 1 aromatic rings. The molecule has 3 heterocycles. The van der Waals surface area contributed by atoms with Crippen molar-refractivity contribution in [3.05, 3.63) is 16.6 Å². The van der Waals surface area contributed by atoms with E-state index in [1.54, 1.807) is 10.4 Å². The number of likely N-dealkylation sites (tertiary alicyclic amines) is 2. The fourth-order valence-corrected chi connectivity index (χ4v) is 6.44. The van der Waals surface area contributed by atoms with Gasteiger partial charge in [0.1, 0.15) is 10.8 Å². The number of alkyl halides is 4. The number of carbonyl (C=O) groups is 3. The normalized spacial score (nSPS) is 28.1. The molecule has 2 saturated carbocycles. The van der Waals surface area contributed by atoms with E-state index in [9.17, 15) is 31.9 Å². The topological polar surface area (TPSA) is 91.8 Å². The van der Waals surface area contributed by atoms with E-state index < -0.39 is 41.4 Å². The fraction of sp³-hybridized carbons (Fsp3) is 0.760. The lowest BCUT2D eigenvalue weighted by molar-refractivity contribution is -0.153. The Bertz CT molecular complexity index is 1060. The molecule has 1 N–H and O–H groups in total. The summed E-state index contributed by atoms with van der Waals surface area (Å²) in [6.45, 7) is 2.70. The van der Waals surface area contributed by atoms with Gasteiger partial charge >= 0.3 is 0 Å². The van der Waals surface area contributed by atoms with Crippen LogP contribution in [-0.4, -0.2) is 89.3 Å². The molecule has 2 aliphatic heterocycles. The SMILES string of the molecule is CC[C@@H](COC1CCC(F)(F)CC1)NC(=O)[C@@H]1CN(C(=O)c2cncs2)CC12CN(C(=O)[C@H]1CC1(F)F)C2. The van der Waals surface area contributed by atoms with Crippen LogP contribution in [0.5, 0.6) is 0 Å². The number of thiazole rings is 1. The minimum Gasteiger partial charge on any atom is -0.376 e. The van der Waals surface area contributed by atoms with E-state index in [0.29, 0.717) is 11.3 Å². The number of halogens is 4. The van der Waals surface area contributed by atoms with Gasteiger partial charge in [-0.1, -0.05) is 6.92 Å². The molecule has 2 aliphatic carbocycles. The predicted octanol–water partition coefficient (Wildman–Crippen LogP) is 3.19. The first kappa shape index (κ1) is 27.3. The Morgan fingerprint density at radius 1 is 1.13 bits per heavy atom. The molecule has 1 spiro atoms. The molecule has 38 heavy (non-hydrogen) atoms. The third kappa shape index (κ3) is 5.41. The van der Waals surface area contributed by atoms with Crippen molar-refractivity contribution in [2.75, 3.05) is 32.8 Å². The van der Waals surface area contributed by atoms with E-state index in [-0.39, 0.29) is 82.4 Å². The smallest absolute Gasteiger partial charge is 0.265 e. The predicted molar refractivity (Wildman–Crippen MR) is 129 cm³/mol. The van der Waals surface area contributed by atoms with Crippen molar-refractivity contribution >= 4 is 29.1 Å². The monoisotopic (exact) mass is 560 g/mol. The maximum absolute atomic E-state index is 13.5.